The minimum Gasteiger partial charge on any atom is -0.285 e. The van der Waals surface area contributed by atoms with Gasteiger partial charge in [0.25, 0.3) is 0 Å². The van der Waals surface area contributed by atoms with E-state index in [0.717, 1.165) is 29.8 Å². The van der Waals surface area contributed by atoms with E-state index in [-0.39, 0.29) is 5.92 Å². The Morgan fingerprint density at radius 1 is 1.38 bits per heavy atom. The zero-order chi connectivity index (χ0) is 14.9. The van der Waals surface area contributed by atoms with Crippen molar-refractivity contribution in [2.24, 2.45) is 5.92 Å². The molecule has 2 aromatic heterocycles. The van der Waals surface area contributed by atoms with Gasteiger partial charge in [0.2, 0.25) is 10.0 Å². The third-order valence-corrected chi connectivity index (χ3v) is 5.01. The van der Waals surface area contributed by atoms with E-state index in [9.17, 15) is 8.42 Å². The second kappa shape index (κ2) is 5.53. The third-order valence-electron chi connectivity index (χ3n) is 3.75. The summed E-state index contributed by atoms with van der Waals surface area (Å²) in [7, 11) is -3.10. The van der Waals surface area contributed by atoms with Crippen molar-refractivity contribution in [3.63, 3.8) is 0 Å². The highest BCUT2D eigenvalue weighted by atomic mass is 32.2. The highest BCUT2D eigenvalue weighted by Crippen LogP contribution is 2.26. The van der Waals surface area contributed by atoms with Crippen LogP contribution in [0, 0.1) is 5.92 Å². The number of sulfonamides is 1. The molecule has 112 valence electrons. The van der Waals surface area contributed by atoms with Gasteiger partial charge in [-0.2, -0.15) is 5.10 Å². The van der Waals surface area contributed by atoms with Crippen LogP contribution in [0.25, 0.3) is 11.3 Å². The minimum absolute atomic E-state index is 0.280. The van der Waals surface area contributed by atoms with Crippen molar-refractivity contribution in [3.8, 4) is 11.3 Å². The first kappa shape index (κ1) is 14.2. The quantitative estimate of drug-likeness (QED) is 0.897. The fourth-order valence-electron chi connectivity index (χ4n) is 2.68. The molecule has 7 nitrogen and oxygen atoms in total. The standard InChI is InChI=1S/C13H17N5O2S/c1-21(19,20)18-5-2-10(9-18)6-12-13(15-4-3-14-12)11-7-16-17-8-11/h3-4,7-8,10H,2,5-6,9H2,1H3,(H,16,17). The second-order valence-electron chi connectivity index (χ2n) is 5.32. The van der Waals surface area contributed by atoms with Crippen LogP contribution >= 0.6 is 0 Å². The second-order valence-corrected chi connectivity index (χ2v) is 7.30. The number of H-pyrrole nitrogens is 1. The van der Waals surface area contributed by atoms with E-state index in [1.807, 2.05) is 0 Å². The number of hydrogen-bond acceptors (Lipinski definition) is 5. The molecule has 0 saturated carbocycles. The highest BCUT2D eigenvalue weighted by molar-refractivity contribution is 7.88. The molecule has 2 aromatic rings. The largest absolute Gasteiger partial charge is 0.285 e. The molecule has 3 heterocycles. The Morgan fingerprint density at radius 2 is 2.19 bits per heavy atom. The molecule has 1 fully saturated rings. The Balaban J connectivity index is 1.78. The molecule has 1 N–H and O–H groups in total. The molecule has 0 amide bonds. The fourth-order valence-corrected chi connectivity index (χ4v) is 3.59. The number of aromatic nitrogens is 4. The molecule has 0 spiro atoms. The summed E-state index contributed by atoms with van der Waals surface area (Å²) < 4.78 is 24.7. The molecule has 21 heavy (non-hydrogen) atoms. The lowest BCUT2D eigenvalue weighted by Crippen LogP contribution is -2.27. The molecular weight excluding hydrogens is 290 g/mol. The smallest absolute Gasteiger partial charge is 0.211 e. The van der Waals surface area contributed by atoms with Gasteiger partial charge in [-0.1, -0.05) is 0 Å². The van der Waals surface area contributed by atoms with Gasteiger partial charge in [-0.15, -0.1) is 0 Å². The normalized spacial score (nSPS) is 20.0. The molecule has 1 atom stereocenters. The summed E-state index contributed by atoms with van der Waals surface area (Å²) >= 11 is 0. The van der Waals surface area contributed by atoms with Crippen LogP contribution in [-0.4, -0.2) is 52.2 Å². The Hall–Kier alpha value is -1.80. The van der Waals surface area contributed by atoms with Crippen molar-refractivity contribution in [3.05, 3.63) is 30.5 Å². The number of aromatic amines is 1. The summed E-state index contributed by atoms with van der Waals surface area (Å²) in [6, 6.07) is 0. The van der Waals surface area contributed by atoms with E-state index < -0.39 is 10.0 Å². The molecular formula is C13H17N5O2S. The van der Waals surface area contributed by atoms with Crippen molar-refractivity contribution < 1.29 is 8.42 Å². The summed E-state index contributed by atoms with van der Waals surface area (Å²) in [6.45, 7) is 1.14. The van der Waals surface area contributed by atoms with E-state index in [4.69, 9.17) is 0 Å². The van der Waals surface area contributed by atoms with Crippen LogP contribution in [0.3, 0.4) is 0 Å². The first-order valence-corrected chi connectivity index (χ1v) is 8.63. The van der Waals surface area contributed by atoms with E-state index in [2.05, 4.69) is 20.2 Å². The van der Waals surface area contributed by atoms with Gasteiger partial charge in [-0.25, -0.2) is 12.7 Å². The molecule has 0 aliphatic carbocycles. The Kier molecular flexibility index (Phi) is 3.73. The zero-order valence-corrected chi connectivity index (χ0v) is 12.5. The summed E-state index contributed by atoms with van der Waals surface area (Å²) in [5.74, 6) is 0.280. The molecule has 0 radical (unpaired) electrons. The zero-order valence-electron chi connectivity index (χ0n) is 11.7. The molecule has 1 aliphatic rings. The molecule has 3 rings (SSSR count). The van der Waals surface area contributed by atoms with Crippen LogP contribution in [0.15, 0.2) is 24.8 Å². The number of nitrogens with zero attached hydrogens (tertiary/aromatic N) is 4. The Labute approximate surface area is 123 Å². The van der Waals surface area contributed by atoms with Gasteiger partial charge in [0.15, 0.2) is 0 Å². The number of rotatable bonds is 4. The maximum Gasteiger partial charge on any atom is 0.211 e. The summed E-state index contributed by atoms with van der Waals surface area (Å²) in [4.78, 5) is 8.79. The Morgan fingerprint density at radius 3 is 2.86 bits per heavy atom. The molecule has 1 unspecified atom stereocenters. The average Bonchev–Trinajstić information content (AvgIpc) is 3.09. The number of nitrogens with one attached hydrogen (secondary N) is 1. The van der Waals surface area contributed by atoms with Crippen molar-refractivity contribution in [2.75, 3.05) is 19.3 Å². The average molecular weight is 307 g/mol. The van der Waals surface area contributed by atoms with E-state index in [1.54, 1.807) is 24.8 Å². The first-order valence-electron chi connectivity index (χ1n) is 6.78. The maximum absolute atomic E-state index is 11.6. The summed E-state index contributed by atoms with van der Waals surface area (Å²) in [6.07, 6.45) is 9.66. The molecule has 1 saturated heterocycles. The van der Waals surface area contributed by atoms with E-state index >= 15 is 0 Å². The van der Waals surface area contributed by atoms with Crippen LogP contribution in [-0.2, 0) is 16.4 Å². The minimum atomic E-state index is -3.10. The lowest BCUT2D eigenvalue weighted by Gasteiger charge is -2.13. The molecule has 1 aliphatic heterocycles. The monoisotopic (exact) mass is 307 g/mol. The van der Waals surface area contributed by atoms with Crippen molar-refractivity contribution in [1.29, 1.82) is 0 Å². The van der Waals surface area contributed by atoms with Crippen LogP contribution in [0.1, 0.15) is 12.1 Å². The molecule has 0 aromatic carbocycles. The lowest BCUT2D eigenvalue weighted by atomic mass is 10.00. The van der Waals surface area contributed by atoms with Gasteiger partial charge in [0.1, 0.15) is 0 Å². The Bertz CT molecular complexity index is 714. The highest BCUT2D eigenvalue weighted by Gasteiger charge is 2.29. The molecule has 8 heteroatoms. The summed E-state index contributed by atoms with van der Waals surface area (Å²) in [5, 5.41) is 6.71. The van der Waals surface area contributed by atoms with E-state index in [0.29, 0.717) is 13.1 Å². The van der Waals surface area contributed by atoms with Gasteiger partial charge in [0, 0.05) is 37.2 Å². The summed E-state index contributed by atoms with van der Waals surface area (Å²) in [5.41, 5.74) is 2.60. The van der Waals surface area contributed by atoms with Crippen LogP contribution in [0.2, 0.25) is 0 Å². The topological polar surface area (TPSA) is 91.8 Å². The predicted octanol–water partition coefficient (Wildman–Crippen LogP) is 0.691. The maximum atomic E-state index is 11.6. The van der Waals surface area contributed by atoms with Crippen LogP contribution in [0.4, 0.5) is 0 Å². The van der Waals surface area contributed by atoms with Crippen molar-refractivity contribution in [1.82, 2.24) is 24.5 Å². The SMILES string of the molecule is CS(=O)(=O)N1CCC(Cc2nccnc2-c2cn[nH]c2)C1. The van der Waals surface area contributed by atoms with Gasteiger partial charge in [-0.3, -0.25) is 15.1 Å². The van der Waals surface area contributed by atoms with Gasteiger partial charge in [0.05, 0.1) is 23.8 Å². The van der Waals surface area contributed by atoms with Crippen molar-refractivity contribution >= 4 is 10.0 Å². The molecule has 0 bridgehead atoms. The van der Waals surface area contributed by atoms with E-state index in [1.165, 1.54) is 10.6 Å². The fraction of sp³-hybridized carbons (Fsp3) is 0.462. The third kappa shape index (κ3) is 3.11. The number of hydrogen-bond donors (Lipinski definition) is 1. The van der Waals surface area contributed by atoms with Gasteiger partial charge >= 0.3 is 0 Å². The van der Waals surface area contributed by atoms with Gasteiger partial charge in [-0.05, 0) is 18.8 Å². The predicted molar refractivity (Wildman–Crippen MR) is 77.8 cm³/mol. The van der Waals surface area contributed by atoms with Crippen LogP contribution < -0.4 is 0 Å². The van der Waals surface area contributed by atoms with Crippen molar-refractivity contribution in [2.45, 2.75) is 12.8 Å². The lowest BCUT2D eigenvalue weighted by molar-refractivity contribution is 0.459. The first-order chi connectivity index (χ1) is 10.0. The van der Waals surface area contributed by atoms with Gasteiger partial charge < -0.3 is 0 Å². The van der Waals surface area contributed by atoms with Crippen LogP contribution in [0.5, 0.6) is 0 Å².